The number of ketones is 1. The summed E-state index contributed by atoms with van der Waals surface area (Å²) in [5.41, 5.74) is 1.66. The van der Waals surface area contributed by atoms with Gasteiger partial charge in [0, 0.05) is 80.0 Å². The van der Waals surface area contributed by atoms with Crippen LogP contribution in [0, 0.1) is 17.6 Å². The number of hydrogen-bond donors (Lipinski definition) is 0. The normalized spacial score (nSPS) is 21.1. The van der Waals surface area contributed by atoms with E-state index in [0.717, 1.165) is 31.0 Å². The van der Waals surface area contributed by atoms with Gasteiger partial charge in [-0.25, -0.2) is 8.78 Å². The van der Waals surface area contributed by atoms with E-state index in [0.29, 0.717) is 40.8 Å². The lowest BCUT2D eigenvalue weighted by molar-refractivity contribution is -0.941. The predicted molar refractivity (Wildman–Crippen MR) is 190 cm³/mol. The largest absolute Gasteiger partial charge is 0.497 e. The van der Waals surface area contributed by atoms with Gasteiger partial charge in [0.15, 0.2) is 5.78 Å². The van der Waals surface area contributed by atoms with E-state index in [2.05, 4.69) is 4.90 Å². The summed E-state index contributed by atoms with van der Waals surface area (Å²) in [6.07, 6.45) is 5.74. The number of piperazine rings is 3. The molecule has 4 heterocycles. The Morgan fingerprint density at radius 1 is 0.840 bits per heavy atom. The van der Waals surface area contributed by atoms with Crippen LogP contribution < -0.4 is 24.0 Å². The second-order valence-corrected chi connectivity index (χ2v) is 13.7. The van der Waals surface area contributed by atoms with E-state index in [1.165, 1.54) is 74.5 Å². The summed E-state index contributed by atoms with van der Waals surface area (Å²) in [6.45, 7) is 11.4. The summed E-state index contributed by atoms with van der Waals surface area (Å²) < 4.78 is 46.9. The molecule has 4 aliphatic rings. The van der Waals surface area contributed by atoms with Crippen LogP contribution in [0.4, 0.5) is 25.8 Å². The lowest BCUT2D eigenvalue weighted by Gasteiger charge is -2.50. The fourth-order valence-electron chi connectivity index (χ4n) is 7.65. The number of unbranched alkanes of at least 4 members (excludes halogenated alkanes) is 4. The number of rotatable bonds is 15. The molecule has 50 heavy (non-hydrogen) atoms. The zero-order chi connectivity index (χ0) is 35.3. The van der Waals surface area contributed by atoms with Crippen molar-refractivity contribution in [2.24, 2.45) is 5.92 Å². The Kier molecular flexibility index (Phi) is 11.2. The number of anilines is 3. The predicted octanol–water partition coefficient (Wildman–Crippen LogP) is 6.46. The Bertz CT molecular complexity index is 1620. The molecule has 0 saturated carbocycles. The van der Waals surface area contributed by atoms with Crippen molar-refractivity contribution in [3.05, 3.63) is 71.8 Å². The molecule has 0 aliphatic carbocycles. The minimum atomic E-state index is -1.14. The van der Waals surface area contributed by atoms with Crippen LogP contribution in [0.25, 0.3) is 0 Å². The summed E-state index contributed by atoms with van der Waals surface area (Å²) in [7, 11) is 3.11. The Balaban J connectivity index is 1.15. The van der Waals surface area contributed by atoms with Crippen LogP contribution in [0.2, 0.25) is 0 Å². The highest BCUT2D eigenvalue weighted by atomic mass is 19.1. The Hall–Kier alpha value is -4.22. The average molecular weight is 692 g/mol. The number of benzene rings is 3. The van der Waals surface area contributed by atoms with Gasteiger partial charge in [-0.1, -0.05) is 12.8 Å². The maximum Gasteiger partial charge on any atom is 0.239 e. The molecule has 3 aromatic carbocycles. The molecule has 11 heteroatoms. The third kappa shape index (κ3) is 7.89. The van der Waals surface area contributed by atoms with E-state index in [-0.39, 0.29) is 24.6 Å². The molecule has 268 valence electrons. The number of Topliss-reactive ketones (excluding diaryl/α,β-unsaturated/α-hetero) is 1. The zero-order valence-corrected chi connectivity index (χ0v) is 29.5. The van der Waals surface area contributed by atoms with Gasteiger partial charge in [-0.2, -0.15) is 0 Å². The fourth-order valence-corrected chi connectivity index (χ4v) is 7.65. The molecule has 1 atom stereocenters. The number of fused-ring (bicyclic) bond motifs is 4. The zero-order valence-electron chi connectivity index (χ0n) is 29.5. The lowest BCUT2D eigenvalue weighted by Crippen LogP contribution is -2.67. The second kappa shape index (κ2) is 15.8. The number of methoxy groups -OCH3 is 2. The quantitative estimate of drug-likeness (QED) is 0.103. The molecule has 0 radical (unpaired) electrons. The molecule has 1 amide bonds. The Labute approximate surface area is 293 Å². The van der Waals surface area contributed by atoms with E-state index in [9.17, 15) is 18.4 Å². The number of carbonyl (C=O) groups excluding carboxylic acids is 2. The molecule has 0 spiro atoms. The van der Waals surface area contributed by atoms with E-state index in [1.807, 2.05) is 23.1 Å². The van der Waals surface area contributed by atoms with Crippen molar-refractivity contribution in [1.29, 1.82) is 0 Å². The first-order valence-corrected chi connectivity index (χ1v) is 17.9. The topological polar surface area (TPSA) is 71.6 Å². The molecule has 0 N–H and O–H groups in total. The van der Waals surface area contributed by atoms with Gasteiger partial charge in [0.1, 0.15) is 34.8 Å². The van der Waals surface area contributed by atoms with Gasteiger partial charge in [-0.15, -0.1) is 0 Å². The van der Waals surface area contributed by atoms with Crippen LogP contribution in [0.1, 0.15) is 49.4 Å². The molecule has 4 aliphatic heterocycles. The van der Waals surface area contributed by atoms with Gasteiger partial charge in [-0.3, -0.25) is 14.5 Å². The second-order valence-electron chi connectivity index (χ2n) is 13.7. The van der Waals surface area contributed by atoms with Crippen molar-refractivity contribution >= 4 is 28.8 Å². The minimum absolute atomic E-state index is 0.00298. The molecule has 3 fully saturated rings. The number of nitrogens with zero attached hydrogens (tertiary/aromatic N) is 4. The van der Waals surface area contributed by atoms with Crippen LogP contribution in [0.5, 0.6) is 17.2 Å². The Morgan fingerprint density at radius 3 is 2.12 bits per heavy atom. The van der Waals surface area contributed by atoms with Crippen molar-refractivity contribution in [2.75, 3.05) is 89.5 Å². The van der Waals surface area contributed by atoms with Crippen molar-refractivity contribution < 1.29 is 37.1 Å². The first-order chi connectivity index (χ1) is 24.2. The van der Waals surface area contributed by atoms with E-state index >= 15 is 0 Å². The summed E-state index contributed by atoms with van der Waals surface area (Å²) in [4.78, 5) is 33.7. The molecular formula is C39H49F2N4O5+. The maximum atomic E-state index is 14.1. The highest BCUT2D eigenvalue weighted by Gasteiger charge is 2.40. The van der Waals surface area contributed by atoms with Gasteiger partial charge in [0.2, 0.25) is 5.91 Å². The van der Waals surface area contributed by atoms with Crippen LogP contribution >= 0.6 is 0 Å². The van der Waals surface area contributed by atoms with Crippen LogP contribution in [0.3, 0.4) is 0 Å². The summed E-state index contributed by atoms with van der Waals surface area (Å²) >= 11 is 0. The number of amides is 1. The molecule has 9 nitrogen and oxygen atoms in total. The molecule has 3 saturated heterocycles. The third-order valence-electron chi connectivity index (χ3n) is 10.6. The third-order valence-corrected chi connectivity index (χ3v) is 10.6. The number of quaternary nitrogens is 1. The van der Waals surface area contributed by atoms with Gasteiger partial charge in [-0.05, 0) is 50.5 Å². The highest BCUT2D eigenvalue weighted by Crippen LogP contribution is 2.41. The van der Waals surface area contributed by atoms with Gasteiger partial charge in [0.25, 0.3) is 0 Å². The lowest BCUT2D eigenvalue weighted by atomic mass is 9.89. The van der Waals surface area contributed by atoms with Crippen molar-refractivity contribution in [3.8, 4) is 17.2 Å². The minimum Gasteiger partial charge on any atom is -0.497 e. The smallest absolute Gasteiger partial charge is 0.239 e. The Morgan fingerprint density at radius 2 is 1.48 bits per heavy atom. The van der Waals surface area contributed by atoms with Crippen molar-refractivity contribution in [1.82, 2.24) is 4.90 Å². The molecule has 3 aromatic rings. The van der Waals surface area contributed by atoms with Gasteiger partial charge >= 0.3 is 0 Å². The van der Waals surface area contributed by atoms with Crippen LogP contribution in [-0.4, -0.2) is 101 Å². The SMILES string of the molecule is CCN(C(=O)C1CN(c2cc(OC)cc(OC)c2)c2cc(OCCCCCCC[N+]34CCN(CC3)CC4)ccc2C1=O)c1cc(F)cc(F)c1. The number of halogens is 2. The molecule has 2 bridgehead atoms. The molecule has 1 unspecified atom stereocenters. The van der Waals surface area contributed by atoms with Crippen LogP contribution in [0.15, 0.2) is 54.6 Å². The van der Waals surface area contributed by atoms with Crippen LogP contribution in [-0.2, 0) is 4.79 Å². The van der Waals surface area contributed by atoms with Gasteiger partial charge < -0.3 is 28.5 Å². The molecule has 0 aromatic heterocycles. The van der Waals surface area contributed by atoms with Crippen molar-refractivity contribution in [3.63, 3.8) is 0 Å². The van der Waals surface area contributed by atoms with Crippen molar-refractivity contribution in [2.45, 2.75) is 39.0 Å². The molecule has 7 rings (SSSR count). The van der Waals surface area contributed by atoms with E-state index in [4.69, 9.17) is 14.2 Å². The summed E-state index contributed by atoms with van der Waals surface area (Å²) in [5.74, 6) is -1.94. The highest BCUT2D eigenvalue weighted by molar-refractivity contribution is 6.18. The monoisotopic (exact) mass is 691 g/mol. The number of ether oxygens (including phenoxy) is 3. The molecular weight excluding hydrogens is 642 g/mol. The fraction of sp³-hybridized carbons (Fsp3) is 0.487. The maximum absolute atomic E-state index is 14.1. The van der Waals surface area contributed by atoms with Gasteiger partial charge in [0.05, 0.1) is 52.7 Å². The summed E-state index contributed by atoms with van der Waals surface area (Å²) in [6, 6.07) is 13.6. The summed E-state index contributed by atoms with van der Waals surface area (Å²) in [5, 5.41) is 0. The standard InChI is InChI=1S/C39H49F2N4O5/c1-4-43(30-21-28(40)20-29(41)22-30)39(47)36-27-44(31-23-33(48-2)25-34(24-31)49-3)37-26-32(10-11-35(37)38(36)46)50-19-9-7-5-6-8-15-45-16-12-42(13-17-45)14-18-45/h10-11,20-26,36H,4-9,12-19,27H2,1-3H3/q+1. The van der Waals surface area contributed by atoms with E-state index in [1.54, 1.807) is 39.3 Å². The number of hydrogen-bond acceptors (Lipinski definition) is 7. The van der Waals surface area contributed by atoms with E-state index < -0.39 is 23.5 Å². The first-order valence-electron chi connectivity index (χ1n) is 17.9. The average Bonchev–Trinajstić information content (AvgIpc) is 3.13. The first kappa shape index (κ1) is 35.6. The number of carbonyl (C=O) groups is 2.